The normalized spacial score (nSPS) is 23.7. The Labute approximate surface area is 153 Å². The summed E-state index contributed by atoms with van der Waals surface area (Å²) < 4.78 is 16.0. The number of nitrogens with one attached hydrogen (secondary N) is 2. The number of nitrogens with zero attached hydrogens (tertiary/aromatic N) is 1. The van der Waals surface area contributed by atoms with Crippen LogP contribution in [0.2, 0.25) is 0 Å². The van der Waals surface area contributed by atoms with Crippen LogP contribution in [0.1, 0.15) is 18.4 Å². The second-order valence-electron chi connectivity index (χ2n) is 6.19. The number of thiocarbonyl (C=S) groups is 1. The highest BCUT2D eigenvalue weighted by Crippen LogP contribution is 2.39. The topological polar surface area (TPSA) is 64.1 Å². The number of hydrogen-bond acceptors (Lipinski definition) is 5. The van der Waals surface area contributed by atoms with Gasteiger partial charge in [0.2, 0.25) is 5.75 Å². The highest BCUT2D eigenvalue weighted by atomic mass is 32.1. The van der Waals surface area contributed by atoms with Crippen molar-refractivity contribution in [3.8, 4) is 17.2 Å². The van der Waals surface area contributed by atoms with Crippen LogP contribution in [-0.4, -0.2) is 38.7 Å². The molecule has 0 aliphatic heterocycles. The van der Waals surface area contributed by atoms with Gasteiger partial charge in [-0.25, -0.2) is 0 Å². The first-order chi connectivity index (χ1) is 12.1. The largest absolute Gasteiger partial charge is 0.493 e. The predicted molar refractivity (Wildman–Crippen MR) is 102 cm³/mol. The molecule has 0 radical (unpaired) electrons. The molecule has 2 aliphatic rings. The van der Waals surface area contributed by atoms with Gasteiger partial charge in [-0.05, 0) is 49.0 Å². The van der Waals surface area contributed by atoms with Crippen molar-refractivity contribution in [3.05, 3.63) is 29.8 Å². The van der Waals surface area contributed by atoms with Crippen LogP contribution in [0, 0.1) is 11.8 Å². The first kappa shape index (κ1) is 17.5. The lowest BCUT2D eigenvalue weighted by Gasteiger charge is -2.20. The van der Waals surface area contributed by atoms with E-state index in [0.29, 0.717) is 40.2 Å². The van der Waals surface area contributed by atoms with Crippen molar-refractivity contribution in [3.63, 3.8) is 0 Å². The third kappa shape index (κ3) is 3.87. The quantitative estimate of drug-likeness (QED) is 0.351. The standard InChI is InChI=1S/C18H23N3O3S/c1-22-15-8-12(9-16(23-2)17(15)24-3)10-19-21-18(25)20-14-7-11-4-5-13(14)6-11/h4-5,8-11,13-14H,6-7H2,1-3H3,(H2,20,21,25)/b19-10-/t11-,13-,14-/m0/s1. The summed E-state index contributed by atoms with van der Waals surface area (Å²) in [5.74, 6) is 3.00. The molecule has 1 fully saturated rings. The van der Waals surface area contributed by atoms with Crippen LogP contribution >= 0.6 is 12.2 Å². The van der Waals surface area contributed by atoms with Crippen molar-refractivity contribution in [2.75, 3.05) is 21.3 Å². The van der Waals surface area contributed by atoms with Crippen molar-refractivity contribution in [1.29, 1.82) is 0 Å². The molecule has 6 nitrogen and oxygen atoms in total. The SMILES string of the molecule is COc1cc(/C=N\NC(=S)N[C@H]2C[C@H]3C=C[C@H]2C3)cc(OC)c1OC. The lowest BCUT2D eigenvalue weighted by molar-refractivity contribution is 0.324. The van der Waals surface area contributed by atoms with Gasteiger partial charge in [0.15, 0.2) is 16.6 Å². The summed E-state index contributed by atoms with van der Waals surface area (Å²) in [5.41, 5.74) is 3.69. The molecule has 0 amide bonds. The van der Waals surface area contributed by atoms with E-state index in [-0.39, 0.29) is 0 Å². The number of rotatable bonds is 6. The molecule has 0 saturated heterocycles. The van der Waals surface area contributed by atoms with E-state index in [1.807, 2.05) is 12.1 Å². The molecule has 1 saturated carbocycles. The highest BCUT2D eigenvalue weighted by Gasteiger charge is 2.35. The van der Waals surface area contributed by atoms with Crippen LogP contribution in [0.3, 0.4) is 0 Å². The minimum Gasteiger partial charge on any atom is -0.493 e. The van der Waals surface area contributed by atoms with E-state index in [4.69, 9.17) is 26.4 Å². The second-order valence-corrected chi connectivity index (χ2v) is 6.60. The predicted octanol–water partition coefficient (Wildman–Crippen LogP) is 2.48. The van der Waals surface area contributed by atoms with Gasteiger partial charge < -0.3 is 19.5 Å². The number of ether oxygens (including phenoxy) is 3. The first-order valence-corrected chi connectivity index (χ1v) is 8.63. The molecule has 1 aromatic carbocycles. The number of methoxy groups -OCH3 is 3. The molecule has 7 heteroatoms. The van der Waals surface area contributed by atoms with Gasteiger partial charge in [0.25, 0.3) is 0 Å². The Morgan fingerprint density at radius 2 is 1.84 bits per heavy atom. The molecule has 2 bridgehead atoms. The maximum atomic E-state index is 5.33. The fraction of sp³-hybridized carbons (Fsp3) is 0.444. The second kappa shape index (κ2) is 7.74. The highest BCUT2D eigenvalue weighted by molar-refractivity contribution is 7.80. The van der Waals surface area contributed by atoms with Gasteiger partial charge in [0.05, 0.1) is 27.5 Å². The van der Waals surface area contributed by atoms with Gasteiger partial charge in [-0.15, -0.1) is 0 Å². The molecular weight excluding hydrogens is 338 g/mol. The Hall–Kier alpha value is -2.28. The van der Waals surface area contributed by atoms with E-state index in [2.05, 4.69) is 28.0 Å². The molecule has 2 N–H and O–H groups in total. The van der Waals surface area contributed by atoms with Crippen LogP contribution in [0.15, 0.2) is 29.4 Å². The van der Waals surface area contributed by atoms with Gasteiger partial charge in [-0.1, -0.05) is 12.2 Å². The van der Waals surface area contributed by atoms with Crippen molar-refractivity contribution in [2.45, 2.75) is 18.9 Å². The average molecular weight is 361 g/mol. The summed E-state index contributed by atoms with van der Waals surface area (Å²) in [7, 11) is 4.74. The smallest absolute Gasteiger partial charge is 0.203 e. The summed E-state index contributed by atoms with van der Waals surface area (Å²) in [6.07, 6.45) is 8.63. The number of allylic oxidation sites excluding steroid dienone is 1. The van der Waals surface area contributed by atoms with Crippen LogP contribution < -0.4 is 25.0 Å². The van der Waals surface area contributed by atoms with Gasteiger partial charge >= 0.3 is 0 Å². The Bertz CT molecular complexity index is 680. The Balaban J connectivity index is 1.60. The lowest BCUT2D eigenvalue weighted by Crippen LogP contribution is -2.42. The number of fused-ring (bicyclic) bond motifs is 2. The van der Waals surface area contributed by atoms with Gasteiger partial charge in [0.1, 0.15) is 0 Å². The molecule has 0 unspecified atom stereocenters. The summed E-state index contributed by atoms with van der Waals surface area (Å²) >= 11 is 5.33. The zero-order chi connectivity index (χ0) is 17.8. The van der Waals surface area contributed by atoms with E-state index >= 15 is 0 Å². The van der Waals surface area contributed by atoms with E-state index in [1.165, 1.54) is 6.42 Å². The van der Waals surface area contributed by atoms with E-state index in [1.54, 1.807) is 27.5 Å². The maximum absolute atomic E-state index is 5.33. The Morgan fingerprint density at radius 3 is 2.36 bits per heavy atom. The minimum absolute atomic E-state index is 0.409. The third-order valence-corrected chi connectivity index (χ3v) is 4.87. The number of hydrazone groups is 1. The van der Waals surface area contributed by atoms with Crippen LogP contribution in [0.5, 0.6) is 17.2 Å². The Morgan fingerprint density at radius 1 is 1.12 bits per heavy atom. The minimum atomic E-state index is 0.409. The van der Waals surface area contributed by atoms with Crippen molar-refractivity contribution in [1.82, 2.24) is 10.7 Å². The zero-order valence-corrected chi connectivity index (χ0v) is 15.4. The molecule has 1 aromatic rings. The molecule has 0 spiro atoms. The fourth-order valence-electron chi connectivity index (χ4n) is 3.49. The third-order valence-electron chi connectivity index (χ3n) is 4.66. The maximum Gasteiger partial charge on any atom is 0.203 e. The molecule has 25 heavy (non-hydrogen) atoms. The summed E-state index contributed by atoms with van der Waals surface area (Å²) in [6.45, 7) is 0. The van der Waals surface area contributed by atoms with Crippen LogP contribution in [0.4, 0.5) is 0 Å². The molecule has 2 aliphatic carbocycles. The van der Waals surface area contributed by atoms with Gasteiger partial charge in [-0.2, -0.15) is 5.10 Å². The van der Waals surface area contributed by atoms with Crippen molar-refractivity contribution >= 4 is 23.5 Å². The molecular formula is C18H23N3O3S. The van der Waals surface area contributed by atoms with E-state index in [0.717, 1.165) is 12.0 Å². The van der Waals surface area contributed by atoms with E-state index < -0.39 is 0 Å². The fourth-order valence-corrected chi connectivity index (χ4v) is 3.69. The molecule has 0 heterocycles. The summed E-state index contributed by atoms with van der Waals surface area (Å²) in [5, 5.41) is 8.09. The van der Waals surface area contributed by atoms with Crippen molar-refractivity contribution in [2.24, 2.45) is 16.9 Å². The molecule has 3 rings (SSSR count). The van der Waals surface area contributed by atoms with Crippen LogP contribution in [-0.2, 0) is 0 Å². The zero-order valence-electron chi connectivity index (χ0n) is 14.6. The lowest BCUT2D eigenvalue weighted by atomic mass is 10.0. The van der Waals surface area contributed by atoms with E-state index in [9.17, 15) is 0 Å². The average Bonchev–Trinajstić information content (AvgIpc) is 3.23. The summed E-state index contributed by atoms with van der Waals surface area (Å²) in [4.78, 5) is 0. The number of hydrogen-bond donors (Lipinski definition) is 2. The summed E-state index contributed by atoms with van der Waals surface area (Å²) in [6, 6.07) is 4.05. The van der Waals surface area contributed by atoms with Crippen molar-refractivity contribution < 1.29 is 14.2 Å². The molecule has 134 valence electrons. The monoisotopic (exact) mass is 361 g/mol. The molecule has 0 aromatic heterocycles. The number of benzene rings is 1. The molecule has 3 atom stereocenters. The first-order valence-electron chi connectivity index (χ1n) is 8.22. The van der Waals surface area contributed by atoms with Gasteiger partial charge in [-0.3, -0.25) is 5.43 Å². The Kier molecular flexibility index (Phi) is 5.43. The van der Waals surface area contributed by atoms with Crippen LogP contribution in [0.25, 0.3) is 0 Å². The van der Waals surface area contributed by atoms with Gasteiger partial charge in [0, 0.05) is 11.6 Å².